The van der Waals surface area contributed by atoms with E-state index >= 15 is 0 Å². The molecule has 3 rings (SSSR count). The van der Waals surface area contributed by atoms with Gasteiger partial charge in [0, 0.05) is 32.7 Å². The minimum absolute atomic E-state index is 0.159. The first-order chi connectivity index (χ1) is 10.7. The average Bonchev–Trinajstić information content (AvgIpc) is 2.55. The summed E-state index contributed by atoms with van der Waals surface area (Å²) in [6, 6.07) is 8.56. The van der Waals surface area contributed by atoms with Crippen LogP contribution in [0.4, 0.5) is 0 Å². The Bertz CT molecular complexity index is 472. The lowest BCUT2D eigenvalue weighted by molar-refractivity contribution is -0.0315. The third kappa shape index (κ3) is 4.07. The first-order valence-corrected chi connectivity index (χ1v) is 8.51. The van der Waals surface area contributed by atoms with Gasteiger partial charge in [0.25, 0.3) is 0 Å². The van der Waals surface area contributed by atoms with E-state index in [2.05, 4.69) is 41.1 Å². The van der Waals surface area contributed by atoms with Crippen molar-refractivity contribution in [3.8, 4) is 0 Å². The number of aliphatic hydroxyl groups excluding tert-OH is 1. The van der Waals surface area contributed by atoms with E-state index in [-0.39, 0.29) is 6.10 Å². The Morgan fingerprint density at radius 2 is 2.00 bits per heavy atom. The average molecular weight is 304 g/mol. The van der Waals surface area contributed by atoms with Crippen molar-refractivity contribution in [1.82, 2.24) is 9.80 Å². The summed E-state index contributed by atoms with van der Waals surface area (Å²) in [5, 5.41) is 10.3. The second-order valence-electron chi connectivity index (χ2n) is 6.67. The van der Waals surface area contributed by atoms with Crippen molar-refractivity contribution >= 4 is 0 Å². The van der Waals surface area contributed by atoms with Gasteiger partial charge in [-0.05, 0) is 37.4 Å². The number of fused-ring (bicyclic) bond motifs is 1. The molecular formula is C18H28N2O2. The van der Waals surface area contributed by atoms with Crippen LogP contribution in [-0.2, 0) is 11.2 Å². The minimum Gasteiger partial charge on any atom is -0.389 e. The lowest BCUT2D eigenvalue weighted by Gasteiger charge is -2.34. The van der Waals surface area contributed by atoms with Gasteiger partial charge < -0.3 is 14.7 Å². The second-order valence-corrected chi connectivity index (χ2v) is 6.67. The van der Waals surface area contributed by atoms with Crippen LogP contribution < -0.4 is 0 Å². The molecule has 1 fully saturated rings. The largest absolute Gasteiger partial charge is 0.389 e. The van der Waals surface area contributed by atoms with Crippen LogP contribution in [0.5, 0.6) is 0 Å². The molecule has 4 heteroatoms. The quantitative estimate of drug-likeness (QED) is 0.898. The highest BCUT2D eigenvalue weighted by molar-refractivity contribution is 5.31. The van der Waals surface area contributed by atoms with Gasteiger partial charge in [-0.3, -0.25) is 4.90 Å². The summed E-state index contributed by atoms with van der Waals surface area (Å²) >= 11 is 0. The fourth-order valence-corrected chi connectivity index (χ4v) is 3.49. The number of aliphatic hydroxyl groups is 1. The molecule has 2 unspecified atom stereocenters. The van der Waals surface area contributed by atoms with Crippen molar-refractivity contribution in [2.45, 2.75) is 31.5 Å². The SMILES string of the molecule is CN1CCN(CC(O)COC2CCCc3ccccc32)CC1. The zero-order chi connectivity index (χ0) is 15.4. The van der Waals surface area contributed by atoms with Gasteiger partial charge in [-0.1, -0.05) is 24.3 Å². The van der Waals surface area contributed by atoms with Gasteiger partial charge >= 0.3 is 0 Å². The van der Waals surface area contributed by atoms with Crippen LogP contribution in [0.1, 0.15) is 30.1 Å². The predicted octanol–water partition coefficient (Wildman–Crippen LogP) is 1.69. The Labute approximate surface area is 133 Å². The van der Waals surface area contributed by atoms with Gasteiger partial charge in [0.05, 0.1) is 18.8 Å². The highest BCUT2D eigenvalue weighted by Crippen LogP contribution is 2.32. The number of nitrogens with zero attached hydrogens (tertiary/aromatic N) is 2. The molecule has 1 saturated heterocycles. The monoisotopic (exact) mass is 304 g/mol. The van der Waals surface area contributed by atoms with E-state index < -0.39 is 6.10 Å². The van der Waals surface area contributed by atoms with Gasteiger partial charge in [-0.2, -0.15) is 0 Å². The number of likely N-dealkylation sites (N-methyl/N-ethyl adjacent to an activating group) is 1. The molecule has 4 nitrogen and oxygen atoms in total. The van der Waals surface area contributed by atoms with Crippen LogP contribution in [-0.4, -0.2) is 67.4 Å². The molecule has 22 heavy (non-hydrogen) atoms. The molecule has 2 aliphatic rings. The normalized spacial score (nSPS) is 24.9. The fraction of sp³-hybridized carbons (Fsp3) is 0.667. The van der Waals surface area contributed by atoms with E-state index in [4.69, 9.17) is 4.74 Å². The van der Waals surface area contributed by atoms with Crippen LogP contribution >= 0.6 is 0 Å². The molecule has 0 aromatic heterocycles. The highest BCUT2D eigenvalue weighted by atomic mass is 16.5. The summed E-state index contributed by atoms with van der Waals surface area (Å²) in [6.45, 7) is 5.42. The molecule has 0 saturated carbocycles. The number of piperazine rings is 1. The number of aryl methyl sites for hydroxylation is 1. The van der Waals surface area contributed by atoms with Crippen molar-refractivity contribution in [2.24, 2.45) is 0 Å². The zero-order valence-electron chi connectivity index (χ0n) is 13.6. The summed E-state index contributed by atoms with van der Waals surface area (Å²) in [5.74, 6) is 0. The lowest BCUT2D eigenvalue weighted by atomic mass is 9.89. The Kier molecular flexibility index (Phi) is 5.47. The van der Waals surface area contributed by atoms with Crippen LogP contribution in [0.15, 0.2) is 24.3 Å². The van der Waals surface area contributed by atoms with Gasteiger partial charge in [-0.15, -0.1) is 0 Å². The molecule has 0 amide bonds. The third-order valence-corrected chi connectivity index (χ3v) is 4.87. The number of hydrogen-bond acceptors (Lipinski definition) is 4. The number of rotatable bonds is 5. The van der Waals surface area contributed by atoms with Crippen molar-refractivity contribution in [3.63, 3.8) is 0 Å². The number of hydrogen-bond donors (Lipinski definition) is 1. The molecule has 1 aliphatic heterocycles. The first-order valence-electron chi connectivity index (χ1n) is 8.51. The predicted molar refractivity (Wildman–Crippen MR) is 88.0 cm³/mol. The highest BCUT2D eigenvalue weighted by Gasteiger charge is 2.22. The zero-order valence-corrected chi connectivity index (χ0v) is 13.6. The smallest absolute Gasteiger partial charge is 0.0900 e. The summed E-state index contributed by atoms with van der Waals surface area (Å²) in [7, 11) is 2.15. The Balaban J connectivity index is 1.46. The van der Waals surface area contributed by atoms with Crippen molar-refractivity contribution in [1.29, 1.82) is 0 Å². The molecule has 1 aliphatic carbocycles. The van der Waals surface area contributed by atoms with Crippen molar-refractivity contribution < 1.29 is 9.84 Å². The summed E-state index contributed by atoms with van der Waals surface area (Å²) in [5.41, 5.74) is 2.73. The number of β-amino-alcohol motifs (C(OH)–C–C–N with tert-alkyl or cyclic N) is 1. The molecule has 0 spiro atoms. The standard InChI is InChI=1S/C18H28N2O2/c1-19-9-11-20(12-10-19)13-16(21)14-22-18-8-4-6-15-5-2-3-7-17(15)18/h2-3,5,7,16,18,21H,4,6,8-14H2,1H3. The fourth-order valence-electron chi connectivity index (χ4n) is 3.49. The molecular weight excluding hydrogens is 276 g/mol. The Hall–Kier alpha value is -0.940. The van der Waals surface area contributed by atoms with Gasteiger partial charge in [0.2, 0.25) is 0 Å². The molecule has 122 valence electrons. The maximum Gasteiger partial charge on any atom is 0.0900 e. The third-order valence-electron chi connectivity index (χ3n) is 4.87. The summed E-state index contributed by atoms with van der Waals surface area (Å²) in [6.07, 6.45) is 3.17. The molecule has 1 aromatic carbocycles. The maximum absolute atomic E-state index is 10.3. The van der Waals surface area contributed by atoms with Gasteiger partial charge in [-0.25, -0.2) is 0 Å². The van der Waals surface area contributed by atoms with Crippen LogP contribution in [0.2, 0.25) is 0 Å². The van der Waals surface area contributed by atoms with Gasteiger partial charge in [0.15, 0.2) is 0 Å². The maximum atomic E-state index is 10.3. The molecule has 0 radical (unpaired) electrons. The Morgan fingerprint density at radius 3 is 2.82 bits per heavy atom. The second kappa shape index (κ2) is 7.55. The molecule has 1 heterocycles. The topological polar surface area (TPSA) is 35.9 Å². The van der Waals surface area contributed by atoms with E-state index in [9.17, 15) is 5.11 Å². The van der Waals surface area contributed by atoms with E-state index in [1.807, 2.05) is 0 Å². The van der Waals surface area contributed by atoms with Crippen LogP contribution in [0.25, 0.3) is 0 Å². The van der Waals surface area contributed by atoms with E-state index in [0.29, 0.717) is 6.61 Å². The first kappa shape index (κ1) is 15.9. The van der Waals surface area contributed by atoms with Crippen molar-refractivity contribution in [3.05, 3.63) is 35.4 Å². The van der Waals surface area contributed by atoms with Crippen molar-refractivity contribution in [2.75, 3.05) is 46.4 Å². The van der Waals surface area contributed by atoms with Crippen LogP contribution in [0.3, 0.4) is 0 Å². The minimum atomic E-state index is -0.391. The number of benzene rings is 1. The molecule has 2 atom stereocenters. The van der Waals surface area contributed by atoms with Crippen LogP contribution in [0, 0.1) is 0 Å². The van der Waals surface area contributed by atoms with E-state index in [0.717, 1.165) is 45.6 Å². The summed E-state index contributed by atoms with van der Waals surface area (Å²) in [4.78, 5) is 4.67. The molecule has 1 aromatic rings. The van der Waals surface area contributed by atoms with E-state index in [1.54, 1.807) is 0 Å². The van der Waals surface area contributed by atoms with Gasteiger partial charge in [0.1, 0.15) is 0 Å². The van der Waals surface area contributed by atoms with E-state index in [1.165, 1.54) is 17.5 Å². The summed E-state index contributed by atoms with van der Waals surface area (Å²) < 4.78 is 6.05. The molecule has 0 bridgehead atoms. The lowest BCUT2D eigenvalue weighted by Crippen LogP contribution is -2.47. The Morgan fingerprint density at radius 1 is 1.23 bits per heavy atom. The number of ether oxygens (including phenoxy) is 1. The molecule has 1 N–H and O–H groups in total.